The van der Waals surface area contributed by atoms with E-state index in [4.69, 9.17) is 4.74 Å². The normalized spacial score (nSPS) is 16.2. The standard InChI is InChI=1S/C19H29F3N4O/c1-2-23-18(24-10-13-26-11-4-3-5-12-26)25-14-16-6-8-17(9-7-16)27-15-19(20,21)22/h6-9H,2-5,10-15H2,1H3,(H2,23,24,25). The number of guanidine groups is 1. The number of benzene rings is 1. The summed E-state index contributed by atoms with van der Waals surface area (Å²) < 4.78 is 41.2. The van der Waals surface area contributed by atoms with Gasteiger partial charge in [-0.25, -0.2) is 4.99 Å². The van der Waals surface area contributed by atoms with Crippen molar-refractivity contribution in [3.05, 3.63) is 29.8 Å². The summed E-state index contributed by atoms with van der Waals surface area (Å²) in [6.07, 6.45) is -0.453. The molecular formula is C19H29F3N4O. The summed E-state index contributed by atoms with van der Waals surface area (Å²) in [6, 6.07) is 6.53. The fourth-order valence-corrected chi connectivity index (χ4v) is 2.88. The highest BCUT2D eigenvalue weighted by molar-refractivity contribution is 5.79. The molecule has 1 fully saturated rings. The van der Waals surface area contributed by atoms with E-state index in [1.54, 1.807) is 12.1 Å². The average molecular weight is 386 g/mol. The largest absolute Gasteiger partial charge is 0.484 e. The van der Waals surface area contributed by atoms with E-state index in [9.17, 15) is 13.2 Å². The molecule has 1 aromatic rings. The van der Waals surface area contributed by atoms with Gasteiger partial charge < -0.3 is 20.3 Å². The van der Waals surface area contributed by atoms with Gasteiger partial charge >= 0.3 is 6.18 Å². The van der Waals surface area contributed by atoms with Gasteiger partial charge in [-0.05, 0) is 50.6 Å². The highest BCUT2D eigenvalue weighted by atomic mass is 19.4. The molecule has 0 radical (unpaired) electrons. The lowest BCUT2D eigenvalue weighted by molar-refractivity contribution is -0.153. The molecule has 1 heterocycles. The van der Waals surface area contributed by atoms with Crippen LogP contribution in [0.5, 0.6) is 5.75 Å². The number of ether oxygens (including phenoxy) is 1. The molecule has 2 rings (SSSR count). The summed E-state index contributed by atoms with van der Waals surface area (Å²) in [5, 5.41) is 6.54. The highest BCUT2D eigenvalue weighted by Crippen LogP contribution is 2.19. The van der Waals surface area contributed by atoms with Crippen molar-refractivity contribution in [2.75, 3.05) is 39.3 Å². The number of nitrogens with one attached hydrogen (secondary N) is 2. The Balaban J connectivity index is 1.78. The van der Waals surface area contributed by atoms with Crippen molar-refractivity contribution in [2.24, 2.45) is 4.99 Å². The van der Waals surface area contributed by atoms with E-state index in [1.807, 2.05) is 6.92 Å². The van der Waals surface area contributed by atoms with Crippen LogP contribution in [0.4, 0.5) is 13.2 Å². The summed E-state index contributed by atoms with van der Waals surface area (Å²) in [7, 11) is 0. The molecular weight excluding hydrogens is 357 g/mol. The minimum absolute atomic E-state index is 0.201. The second kappa shape index (κ2) is 11.0. The first-order chi connectivity index (χ1) is 13.0. The van der Waals surface area contributed by atoms with E-state index in [0.717, 1.165) is 44.2 Å². The van der Waals surface area contributed by atoms with Crippen molar-refractivity contribution in [3.63, 3.8) is 0 Å². The fraction of sp³-hybridized carbons (Fsp3) is 0.632. The number of hydrogen-bond acceptors (Lipinski definition) is 3. The van der Waals surface area contributed by atoms with Crippen molar-refractivity contribution < 1.29 is 17.9 Å². The van der Waals surface area contributed by atoms with Crippen LogP contribution in [0.1, 0.15) is 31.7 Å². The van der Waals surface area contributed by atoms with E-state index < -0.39 is 12.8 Å². The minimum atomic E-state index is -4.33. The molecule has 2 N–H and O–H groups in total. The maximum atomic E-state index is 12.2. The predicted octanol–water partition coefficient (Wildman–Crippen LogP) is 3.17. The molecule has 0 aromatic heterocycles. The van der Waals surface area contributed by atoms with Crippen molar-refractivity contribution >= 4 is 5.96 Å². The molecule has 5 nitrogen and oxygen atoms in total. The predicted molar refractivity (Wildman–Crippen MR) is 101 cm³/mol. The van der Waals surface area contributed by atoms with Crippen LogP contribution < -0.4 is 15.4 Å². The minimum Gasteiger partial charge on any atom is -0.484 e. The molecule has 152 valence electrons. The van der Waals surface area contributed by atoms with E-state index in [2.05, 4.69) is 20.5 Å². The SMILES string of the molecule is CCNC(=NCc1ccc(OCC(F)(F)F)cc1)NCCN1CCCCC1. The third-order valence-electron chi connectivity index (χ3n) is 4.26. The van der Waals surface area contributed by atoms with Crippen LogP contribution in [0.25, 0.3) is 0 Å². The second-order valence-corrected chi connectivity index (χ2v) is 6.57. The Morgan fingerprint density at radius 3 is 2.44 bits per heavy atom. The number of halogens is 3. The van der Waals surface area contributed by atoms with Crippen LogP contribution in [0.2, 0.25) is 0 Å². The van der Waals surface area contributed by atoms with E-state index >= 15 is 0 Å². The van der Waals surface area contributed by atoms with E-state index in [-0.39, 0.29) is 5.75 Å². The summed E-state index contributed by atoms with van der Waals surface area (Å²) in [5.41, 5.74) is 0.905. The number of rotatable bonds is 8. The second-order valence-electron chi connectivity index (χ2n) is 6.57. The summed E-state index contributed by atoms with van der Waals surface area (Å²) in [6.45, 7) is 6.09. The molecule has 0 atom stereocenters. The molecule has 27 heavy (non-hydrogen) atoms. The molecule has 8 heteroatoms. The first-order valence-electron chi connectivity index (χ1n) is 9.49. The zero-order chi connectivity index (χ0) is 19.5. The first kappa shape index (κ1) is 21.3. The molecule has 1 saturated heterocycles. The maximum absolute atomic E-state index is 12.2. The van der Waals surface area contributed by atoms with Gasteiger partial charge in [0.1, 0.15) is 5.75 Å². The Bertz CT molecular complexity index is 569. The van der Waals surface area contributed by atoms with Gasteiger partial charge in [0.2, 0.25) is 0 Å². The molecule has 1 aliphatic rings. The summed E-state index contributed by atoms with van der Waals surface area (Å²) in [4.78, 5) is 6.99. The van der Waals surface area contributed by atoms with Crippen LogP contribution in [0.15, 0.2) is 29.3 Å². The number of hydrogen-bond donors (Lipinski definition) is 2. The Morgan fingerprint density at radius 2 is 1.81 bits per heavy atom. The number of likely N-dealkylation sites (tertiary alicyclic amines) is 1. The summed E-state index contributed by atoms with van der Waals surface area (Å²) >= 11 is 0. The Labute approximate surface area is 159 Å². The van der Waals surface area contributed by atoms with Gasteiger partial charge in [0.05, 0.1) is 6.54 Å². The molecule has 0 unspecified atom stereocenters. The van der Waals surface area contributed by atoms with Crippen LogP contribution in [0.3, 0.4) is 0 Å². The molecule has 0 aliphatic carbocycles. The van der Waals surface area contributed by atoms with Gasteiger partial charge in [0.15, 0.2) is 12.6 Å². The molecule has 0 bridgehead atoms. The zero-order valence-corrected chi connectivity index (χ0v) is 15.8. The summed E-state index contributed by atoms with van der Waals surface area (Å²) in [5.74, 6) is 0.943. The zero-order valence-electron chi connectivity index (χ0n) is 15.8. The number of alkyl halides is 3. The van der Waals surface area contributed by atoms with E-state index in [1.165, 1.54) is 31.4 Å². The van der Waals surface area contributed by atoms with Gasteiger partial charge in [-0.15, -0.1) is 0 Å². The Morgan fingerprint density at radius 1 is 1.11 bits per heavy atom. The van der Waals surface area contributed by atoms with Gasteiger partial charge in [-0.1, -0.05) is 18.6 Å². The topological polar surface area (TPSA) is 48.9 Å². The van der Waals surface area contributed by atoms with Crippen LogP contribution in [-0.2, 0) is 6.54 Å². The van der Waals surface area contributed by atoms with Crippen molar-refractivity contribution in [2.45, 2.75) is 38.9 Å². The van der Waals surface area contributed by atoms with Crippen LogP contribution >= 0.6 is 0 Å². The molecule has 0 spiro atoms. The van der Waals surface area contributed by atoms with Gasteiger partial charge in [0, 0.05) is 19.6 Å². The number of aliphatic imine (C=N–C) groups is 1. The molecule has 0 amide bonds. The van der Waals surface area contributed by atoms with Gasteiger partial charge in [-0.3, -0.25) is 0 Å². The third-order valence-corrected chi connectivity index (χ3v) is 4.26. The lowest BCUT2D eigenvalue weighted by Crippen LogP contribution is -2.42. The Hall–Kier alpha value is -1.96. The van der Waals surface area contributed by atoms with Gasteiger partial charge in [-0.2, -0.15) is 13.2 Å². The molecule has 0 saturated carbocycles. The lowest BCUT2D eigenvalue weighted by atomic mass is 10.1. The molecule has 1 aromatic carbocycles. The quantitative estimate of drug-likeness (QED) is 0.532. The number of nitrogens with zero attached hydrogens (tertiary/aromatic N) is 2. The molecule has 1 aliphatic heterocycles. The van der Waals surface area contributed by atoms with Gasteiger partial charge in [0.25, 0.3) is 0 Å². The third kappa shape index (κ3) is 8.99. The first-order valence-corrected chi connectivity index (χ1v) is 9.49. The maximum Gasteiger partial charge on any atom is 0.422 e. The Kier molecular flexibility index (Phi) is 8.71. The van der Waals surface area contributed by atoms with Crippen LogP contribution in [0, 0.1) is 0 Å². The number of piperidine rings is 1. The van der Waals surface area contributed by atoms with Crippen molar-refractivity contribution in [1.82, 2.24) is 15.5 Å². The lowest BCUT2D eigenvalue weighted by Gasteiger charge is -2.26. The fourth-order valence-electron chi connectivity index (χ4n) is 2.88. The highest BCUT2D eigenvalue weighted by Gasteiger charge is 2.28. The van der Waals surface area contributed by atoms with Crippen LogP contribution in [-0.4, -0.2) is 56.4 Å². The van der Waals surface area contributed by atoms with Crippen molar-refractivity contribution in [1.29, 1.82) is 0 Å². The van der Waals surface area contributed by atoms with E-state index in [0.29, 0.717) is 6.54 Å². The smallest absolute Gasteiger partial charge is 0.422 e. The monoisotopic (exact) mass is 386 g/mol. The average Bonchev–Trinajstić information content (AvgIpc) is 2.65. The van der Waals surface area contributed by atoms with Crippen molar-refractivity contribution in [3.8, 4) is 5.75 Å².